The molecule has 0 saturated carbocycles. The van der Waals surface area contributed by atoms with Crippen LogP contribution >= 0.6 is 15.9 Å². The quantitative estimate of drug-likeness (QED) is 0.353. The number of ketones is 1. The van der Waals surface area contributed by atoms with E-state index in [0.717, 1.165) is 21.2 Å². The first-order valence-electron chi connectivity index (χ1n) is 8.87. The maximum absolute atomic E-state index is 11.8. The van der Waals surface area contributed by atoms with Crippen LogP contribution in [0.2, 0.25) is 0 Å². The first-order chi connectivity index (χ1) is 13.0. The van der Waals surface area contributed by atoms with Crippen LogP contribution in [0.25, 0.3) is 22.3 Å². The van der Waals surface area contributed by atoms with Crippen molar-refractivity contribution in [3.63, 3.8) is 0 Å². The number of carbonyl (C=O) groups is 1. The zero-order chi connectivity index (χ0) is 19.2. The first-order valence-corrected chi connectivity index (χ1v) is 9.66. The standard InChI is InChI=1S/C24H21BrO2/c1-17(26)15-23(27)13-11-22-16-21(12-14-24(22)25)20-9-7-19(8-10-20)18-5-3-2-4-6-18/h2-10,12,14-16,26H,11,13H2,1H3/b17-15-. The molecule has 0 aliphatic carbocycles. The Hall–Kier alpha value is -2.65. The van der Waals surface area contributed by atoms with Gasteiger partial charge in [0.2, 0.25) is 0 Å². The lowest BCUT2D eigenvalue weighted by molar-refractivity contribution is -0.114. The Morgan fingerprint density at radius 1 is 0.889 bits per heavy atom. The van der Waals surface area contributed by atoms with Gasteiger partial charge in [0.1, 0.15) is 0 Å². The molecule has 3 aromatic carbocycles. The molecule has 2 nitrogen and oxygen atoms in total. The van der Waals surface area contributed by atoms with E-state index in [0.29, 0.717) is 12.8 Å². The van der Waals surface area contributed by atoms with Crippen LogP contribution in [0.15, 0.2) is 89.1 Å². The van der Waals surface area contributed by atoms with E-state index in [1.807, 2.05) is 24.3 Å². The van der Waals surface area contributed by atoms with Gasteiger partial charge in [-0.1, -0.05) is 82.7 Å². The van der Waals surface area contributed by atoms with Gasteiger partial charge in [-0.25, -0.2) is 0 Å². The maximum Gasteiger partial charge on any atom is 0.159 e. The van der Waals surface area contributed by atoms with Gasteiger partial charge in [0.05, 0.1) is 5.76 Å². The van der Waals surface area contributed by atoms with Gasteiger partial charge in [0.15, 0.2) is 5.78 Å². The van der Waals surface area contributed by atoms with E-state index in [-0.39, 0.29) is 11.5 Å². The van der Waals surface area contributed by atoms with Crippen molar-refractivity contribution in [1.82, 2.24) is 0 Å². The first kappa shape index (κ1) is 19.1. The fourth-order valence-electron chi connectivity index (χ4n) is 2.99. The van der Waals surface area contributed by atoms with Crippen molar-refractivity contribution in [2.75, 3.05) is 0 Å². The molecule has 0 bridgehead atoms. The normalized spacial score (nSPS) is 11.4. The van der Waals surface area contributed by atoms with E-state index in [2.05, 4.69) is 64.5 Å². The van der Waals surface area contributed by atoms with Gasteiger partial charge < -0.3 is 5.11 Å². The maximum atomic E-state index is 11.8. The molecule has 0 fully saturated rings. The highest BCUT2D eigenvalue weighted by Crippen LogP contribution is 2.28. The van der Waals surface area contributed by atoms with Crippen molar-refractivity contribution in [2.24, 2.45) is 0 Å². The molecule has 3 heteroatoms. The number of hydrogen-bond donors (Lipinski definition) is 1. The van der Waals surface area contributed by atoms with E-state index >= 15 is 0 Å². The van der Waals surface area contributed by atoms with Gasteiger partial charge in [-0.15, -0.1) is 0 Å². The minimum Gasteiger partial charge on any atom is -0.512 e. The summed E-state index contributed by atoms with van der Waals surface area (Å²) < 4.78 is 0.990. The van der Waals surface area contributed by atoms with Gasteiger partial charge in [-0.2, -0.15) is 0 Å². The highest BCUT2D eigenvalue weighted by Gasteiger charge is 2.07. The van der Waals surface area contributed by atoms with Crippen LogP contribution in [0.3, 0.4) is 0 Å². The summed E-state index contributed by atoms with van der Waals surface area (Å²) in [5.74, 6) is -0.0224. The van der Waals surface area contributed by atoms with Gasteiger partial charge in [0, 0.05) is 17.0 Å². The molecule has 0 aromatic heterocycles. The van der Waals surface area contributed by atoms with Gasteiger partial charge >= 0.3 is 0 Å². The second kappa shape index (κ2) is 8.83. The molecule has 0 spiro atoms. The number of rotatable bonds is 6. The molecule has 1 N–H and O–H groups in total. The third kappa shape index (κ3) is 5.18. The molecular weight excluding hydrogens is 400 g/mol. The highest BCUT2D eigenvalue weighted by molar-refractivity contribution is 9.10. The average molecular weight is 421 g/mol. The molecule has 0 atom stereocenters. The number of halogens is 1. The molecule has 3 rings (SSSR count). The SMILES string of the molecule is C/C(O)=C/C(=O)CCc1cc(-c2ccc(-c3ccccc3)cc2)ccc1Br. The van der Waals surface area contributed by atoms with Gasteiger partial charge in [-0.05, 0) is 47.2 Å². The van der Waals surface area contributed by atoms with Crippen molar-refractivity contribution in [2.45, 2.75) is 19.8 Å². The topological polar surface area (TPSA) is 37.3 Å². The molecule has 0 radical (unpaired) electrons. The monoisotopic (exact) mass is 420 g/mol. The number of allylic oxidation sites excluding steroid dienone is 2. The van der Waals surface area contributed by atoms with Crippen LogP contribution < -0.4 is 0 Å². The summed E-state index contributed by atoms with van der Waals surface area (Å²) in [5.41, 5.74) is 5.73. The summed E-state index contributed by atoms with van der Waals surface area (Å²) in [4.78, 5) is 11.8. The number of hydrogen-bond acceptors (Lipinski definition) is 2. The smallest absolute Gasteiger partial charge is 0.159 e. The lowest BCUT2D eigenvalue weighted by atomic mass is 9.98. The van der Waals surface area contributed by atoms with Crippen molar-refractivity contribution in [3.05, 3.63) is 94.7 Å². The summed E-state index contributed by atoms with van der Waals surface area (Å²) in [7, 11) is 0. The largest absolute Gasteiger partial charge is 0.512 e. The molecule has 0 unspecified atom stereocenters. The summed E-state index contributed by atoms with van der Waals surface area (Å²) in [5, 5.41) is 9.20. The Labute approximate surface area is 168 Å². The lowest BCUT2D eigenvalue weighted by Crippen LogP contribution is -1.98. The minimum atomic E-state index is -0.0699. The second-order valence-corrected chi connectivity index (χ2v) is 7.36. The molecule has 136 valence electrons. The van der Waals surface area contributed by atoms with E-state index in [1.54, 1.807) is 0 Å². The summed E-state index contributed by atoms with van der Waals surface area (Å²) in [6.45, 7) is 1.51. The molecule has 0 saturated heterocycles. The second-order valence-electron chi connectivity index (χ2n) is 6.50. The van der Waals surface area contributed by atoms with Crippen molar-refractivity contribution in [1.29, 1.82) is 0 Å². The Morgan fingerprint density at radius 2 is 1.44 bits per heavy atom. The van der Waals surface area contributed by atoms with Crippen LogP contribution in [-0.2, 0) is 11.2 Å². The fraction of sp³-hybridized carbons (Fsp3) is 0.125. The van der Waals surface area contributed by atoms with Gasteiger partial charge in [0.25, 0.3) is 0 Å². The summed E-state index contributed by atoms with van der Waals surface area (Å²) >= 11 is 3.57. The predicted octanol–water partition coefficient (Wildman–Crippen LogP) is 6.75. The fourth-order valence-corrected chi connectivity index (χ4v) is 3.44. The van der Waals surface area contributed by atoms with Crippen molar-refractivity contribution >= 4 is 21.7 Å². The van der Waals surface area contributed by atoms with E-state index in [9.17, 15) is 9.90 Å². The summed E-state index contributed by atoms with van der Waals surface area (Å²) in [6.07, 6.45) is 2.27. The molecular formula is C24H21BrO2. The van der Waals surface area contributed by atoms with Crippen LogP contribution in [0, 0.1) is 0 Å². The Kier molecular flexibility index (Phi) is 6.25. The Morgan fingerprint density at radius 3 is 2.07 bits per heavy atom. The third-order valence-corrected chi connectivity index (χ3v) is 5.16. The van der Waals surface area contributed by atoms with Crippen LogP contribution in [0.4, 0.5) is 0 Å². The average Bonchev–Trinajstić information content (AvgIpc) is 2.68. The Bertz CT molecular complexity index is 953. The number of aliphatic hydroxyl groups is 1. The van der Waals surface area contributed by atoms with Gasteiger partial charge in [-0.3, -0.25) is 4.79 Å². The Balaban J connectivity index is 1.79. The molecule has 27 heavy (non-hydrogen) atoms. The number of aliphatic hydroxyl groups excluding tert-OH is 1. The van der Waals surface area contributed by atoms with E-state index < -0.39 is 0 Å². The predicted molar refractivity (Wildman–Crippen MR) is 115 cm³/mol. The van der Waals surface area contributed by atoms with Crippen molar-refractivity contribution < 1.29 is 9.90 Å². The van der Waals surface area contributed by atoms with Crippen LogP contribution in [0.1, 0.15) is 18.9 Å². The molecule has 0 aliphatic heterocycles. The number of benzene rings is 3. The zero-order valence-electron chi connectivity index (χ0n) is 15.2. The van der Waals surface area contributed by atoms with E-state index in [4.69, 9.17) is 0 Å². The molecule has 0 aliphatic rings. The molecule has 0 amide bonds. The third-order valence-electron chi connectivity index (χ3n) is 4.38. The van der Waals surface area contributed by atoms with E-state index in [1.165, 1.54) is 24.1 Å². The minimum absolute atomic E-state index is 0.0475. The summed E-state index contributed by atoms with van der Waals surface area (Å²) in [6, 6.07) is 25.0. The number of carbonyl (C=O) groups excluding carboxylic acids is 1. The number of aryl methyl sites for hydroxylation is 1. The lowest BCUT2D eigenvalue weighted by Gasteiger charge is -2.09. The molecule has 0 heterocycles. The molecule has 3 aromatic rings. The highest BCUT2D eigenvalue weighted by atomic mass is 79.9. The zero-order valence-corrected chi connectivity index (χ0v) is 16.7. The van der Waals surface area contributed by atoms with Crippen molar-refractivity contribution in [3.8, 4) is 22.3 Å². The van der Waals surface area contributed by atoms with Crippen LogP contribution in [0.5, 0.6) is 0 Å². The van der Waals surface area contributed by atoms with Crippen LogP contribution in [-0.4, -0.2) is 10.9 Å².